The Bertz CT molecular complexity index is 458. The number of rotatable bonds is 3. The lowest BCUT2D eigenvalue weighted by Gasteiger charge is -2.00. The predicted molar refractivity (Wildman–Crippen MR) is 54.0 cm³/mol. The number of aryl methyl sites for hydroxylation is 1. The zero-order valence-electron chi connectivity index (χ0n) is 7.94. The lowest BCUT2D eigenvalue weighted by molar-refractivity contribution is 0.578. The van der Waals surface area contributed by atoms with E-state index in [0.717, 1.165) is 16.2 Å². The molecule has 0 unspecified atom stereocenters. The Morgan fingerprint density at radius 3 is 2.93 bits per heavy atom. The average molecular weight is 225 g/mol. The fourth-order valence-corrected chi connectivity index (χ4v) is 1.65. The molecule has 0 aliphatic rings. The van der Waals surface area contributed by atoms with Gasteiger partial charge in [0, 0.05) is 0 Å². The van der Waals surface area contributed by atoms with E-state index in [1.54, 1.807) is 0 Å². The molecule has 2 aromatic heterocycles. The van der Waals surface area contributed by atoms with Crippen molar-refractivity contribution in [1.29, 1.82) is 0 Å². The summed E-state index contributed by atoms with van der Waals surface area (Å²) in [6, 6.07) is 0. The molecule has 2 heterocycles. The normalized spacial score (nSPS) is 10.3. The summed E-state index contributed by atoms with van der Waals surface area (Å²) < 4.78 is 12.7. The largest absolute Gasteiger partial charge is 0.362 e. The van der Waals surface area contributed by atoms with Gasteiger partial charge in [-0.2, -0.15) is 9.37 Å². The van der Waals surface area contributed by atoms with E-state index >= 15 is 0 Å². The van der Waals surface area contributed by atoms with E-state index in [0.29, 0.717) is 12.4 Å². The summed E-state index contributed by atoms with van der Waals surface area (Å²) in [5, 5.41) is 12.4. The SMILES string of the molecule is Cc1nnc(CNc2cncc(F)n2)s1. The van der Waals surface area contributed by atoms with Crippen molar-refractivity contribution in [2.75, 3.05) is 5.32 Å². The van der Waals surface area contributed by atoms with Gasteiger partial charge in [0.05, 0.1) is 18.9 Å². The molecule has 0 atom stereocenters. The van der Waals surface area contributed by atoms with Crippen LogP contribution in [0.3, 0.4) is 0 Å². The van der Waals surface area contributed by atoms with Crippen molar-refractivity contribution in [2.24, 2.45) is 0 Å². The van der Waals surface area contributed by atoms with Crippen LogP contribution in [0.5, 0.6) is 0 Å². The molecule has 0 saturated carbocycles. The van der Waals surface area contributed by atoms with Crippen LogP contribution >= 0.6 is 11.3 Å². The second-order valence-electron chi connectivity index (χ2n) is 2.80. The fourth-order valence-electron chi connectivity index (χ4n) is 1.00. The molecule has 15 heavy (non-hydrogen) atoms. The first-order valence-electron chi connectivity index (χ1n) is 4.24. The quantitative estimate of drug-likeness (QED) is 0.855. The van der Waals surface area contributed by atoms with Gasteiger partial charge in [-0.05, 0) is 6.92 Å². The molecule has 0 aliphatic heterocycles. The standard InChI is InChI=1S/C8H8FN5S/c1-5-13-14-8(15-5)4-11-7-3-10-2-6(9)12-7/h2-3H,4H2,1H3,(H,11,12). The molecule has 2 aromatic rings. The Hall–Kier alpha value is -1.63. The minimum atomic E-state index is -0.603. The minimum absolute atomic E-state index is 0.392. The second kappa shape index (κ2) is 4.26. The molecule has 7 heteroatoms. The van der Waals surface area contributed by atoms with Gasteiger partial charge in [0.1, 0.15) is 15.8 Å². The van der Waals surface area contributed by atoms with E-state index in [-0.39, 0.29) is 0 Å². The molecule has 0 fully saturated rings. The molecule has 0 bridgehead atoms. The van der Waals surface area contributed by atoms with Gasteiger partial charge in [0.25, 0.3) is 0 Å². The molecular formula is C8H8FN5S. The molecule has 0 aromatic carbocycles. The number of nitrogens with zero attached hydrogens (tertiary/aromatic N) is 4. The molecule has 0 amide bonds. The van der Waals surface area contributed by atoms with Crippen molar-refractivity contribution in [3.05, 3.63) is 28.4 Å². The summed E-state index contributed by atoms with van der Waals surface area (Å²) in [5.74, 6) is -0.212. The maximum atomic E-state index is 12.7. The Balaban J connectivity index is 1.99. The summed E-state index contributed by atoms with van der Waals surface area (Å²) >= 11 is 1.48. The highest BCUT2D eigenvalue weighted by Gasteiger charge is 2.01. The summed E-state index contributed by atoms with van der Waals surface area (Å²) in [6.45, 7) is 2.35. The maximum Gasteiger partial charge on any atom is 0.233 e. The lowest BCUT2D eigenvalue weighted by Crippen LogP contribution is -2.02. The van der Waals surface area contributed by atoms with Crippen LogP contribution < -0.4 is 5.32 Å². The molecule has 78 valence electrons. The van der Waals surface area contributed by atoms with Crippen LogP contribution in [0, 0.1) is 12.9 Å². The van der Waals surface area contributed by atoms with E-state index in [1.807, 2.05) is 6.92 Å². The molecule has 1 N–H and O–H groups in total. The topological polar surface area (TPSA) is 63.6 Å². The van der Waals surface area contributed by atoms with Crippen LogP contribution in [0.15, 0.2) is 12.4 Å². The predicted octanol–water partition coefficient (Wildman–Crippen LogP) is 1.39. The average Bonchev–Trinajstić information content (AvgIpc) is 2.62. The van der Waals surface area contributed by atoms with Crippen LogP contribution in [0.4, 0.5) is 10.2 Å². The Morgan fingerprint density at radius 2 is 2.27 bits per heavy atom. The number of halogens is 1. The van der Waals surface area contributed by atoms with Crippen LogP contribution in [-0.4, -0.2) is 20.2 Å². The van der Waals surface area contributed by atoms with Crippen LogP contribution in [0.25, 0.3) is 0 Å². The summed E-state index contributed by atoms with van der Waals surface area (Å²) in [5.41, 5.74) is 0. The van der Waals surface area contributed by atoms with Gasteiger partial charge >= 0.3 is 0 Å². The summed E-state index contributed by atoms with van der Waals surface area (Å²) in [4.78, 5) is 7.28. The van der Waals surface area contributed by atoms with Crippen molar-refractivity contribution < 1.29 is 4.39 Å². The van der Waals surface area contributed by atoms with Crippen molar-refractivity contribution in [2.45, 2.75) is 13.5 Å². The molecule has 0 spiro atoms. The van der Waals surface area contributed by atoms with E-state index in [9.17, 15) is 4.39 Å². The van der Waals surface area contributed by atoms with Gasteiger partial charge in [-0.15, -0.1) is 10.2 Å². The lowest BCUT2D eigenvalue weighted by atomic mass is 10.6. The number of nitrogens with one attached hydrogen (secondary N) is 1. The number of hydrogen-bond acceptors (Lipinski definition) is 6. The summed E-state index contributed by atoms with van der Waals surface area (Å²) in [6.07, 6.45) is 2.51. The van der Waals surface area contributed by atoms with Crippen LogP contribution in [0.2, 0.25) is 0 Å². The molecule has 0 radical (unpaired) electrons. The minimum Gasteiger partial charge on any atom is -0.362 e. The van der Waals surface area contributed by atoms with Gasteiger partial charge in [0.2, 0.25) is 5.95 Å². The van der Waals surface area contributed by atoms with Crippen molar-refractivity contribution in [3.8, 4) is 0 Å². The smallest absolute Gasteiger partial charge is 0.233 e. The van der Waals surface area contributed by atoms with Gasteiger partial charge in [0.15, 0.2) is 0 Å². The zero-order valence-corrected chi connectivity index (χ0v) is 8.75. The fraction of sp³-hybridized carbons (Fsp3) is 0.250. The Morgan fingerprint density at radius 1 is 1.40 bits per heavy atom. The first-order chi connectivity index (χ1) is 7.24. The van der Waals surface area contributed by atoms with E-state index in [1.165, 1.54) is 17.5 Å². The number of hydrogen-bond donors (Lipinski definition) is 1. The highest BCUT2D eigenvalue weighted by Crippen LogP contribution is 2.10. The van der Waals surface area contributed by atoms with E-state index in [2.05, 4.69) is 25.5 Å². The number of aromatic nitrogens is 4. The highest BCUT2D eigenvalue weighted by molar-refractivity contribution is 7.11. The molecule has 0 saturated heterocycles. The van der Waals surface area contributed by atoms with Gasteiger partial charge < -0.3 is 5.32 Å². The first-order valence-corrected chi connectivity index (χ1v) is 5.06. The van der Waals surface area contributed by atoms with E-state index < -0.39 is 5.95 Å². The Labute approximate surface area is 89.4 Å². The van der Waals surface area contributed by atoms with Gasteiger partial charge in [-0.3, -0.25) is 4.98 Å². The maximum absolute atomic E-state index is 12.7. The van der Waals surface area contributed by atoms with Crippen molar-refractivity contribution in [1.82, 2.24) is 20.2 Å². The van der Waals surface area contributed by atoms with Gasteiger partial charge in [-0.25, -0.2) is 0 Å². The number of anilines is 1. The summed E-state index contributed by atoms with van der Waals surface area (Å²) in [7, 11) is 0. The highest BCUT2D eigenvalue weighted by atomic mass is 32.1. The van der Waals surface area contributed by atoms with Crippen LogP contribution in [-0.2, 0) is 6.54 Å². The molecule has 2 rings (SSSR count). The monoisotopic (exact) mass is 225 g/mol. The molecular weight excluding hydrogens is 217 g/mol. The zero-order chi connectivity index (χ0) is 10.7. The third-order valence-electron chi connectivity index (χ3n) is 1.59. The first kappa shape index (κ1) is 9.91. The van der Waals surface area contributed by atoms with Crippen molar-refractivity contribution in [3.63, 3.8) is 0 Å². The van der Waals surface area contributed by atoms with Crippen molar-refractivity contribution >= 4 is 17.2 Å². The van der Waals surface area contributed by atoms with E-state index in [4.69, 9.17) is 0 Å². The second-order valence-corrected chi connectivity index (χ2v) is 4.06. The van der Waals surface area contributed by atoms with Crippen LogP contribution in [0.1, 0.15) is 10.0 Å². The molecule has 5 nitrogen and oxygen atoms in total. The third-order valence-corrected chi connectivity index (χ3v) is 2.43. The molecule has 0 aliphatic carbocycles. The Kier molecular flexibility index (Phi) is 2.82. The van der Waals surface area contributed by atoms with Gasteiger partial charge in [-0.1, -0.05) is 11.3 Å². The third kappa shape index (κ3) is 2.66.